The van der Waals surface area contributed by atoms with Crippen molar-refractivity contribution in [1.29, 1.82) is 0 Å². The third kappa shape index (κ3) is 7.73. The molecule has 0 N–H and O–H groups in total. The Morgan fingerprint density at radius 2 is 1.70 bits per heavy atom. The summed E-state index contributed by atoms with van der Waals surface area (Å²) in [4.78, 5) is 28.3. The van der Waals surface area contributed by atoms with Crippen molar-refractivity contribution < 1.29 is 18.7 Å². The number of methoxy groups -OCH3 is 2. The molecule has 1 aliphatic rings. The van der Waals surface area contributed by atoms with Crippen LogP contribution in [0.25, 0.3) is 0 Å². The van der Waals surface area contributed by atoms with Gasteiger partial charge in [-0.25, -0.2) is 14.4 Å². The standard InChI is InChI=1S/C33H35ClFN5O3S/c1-38(14-13-23-11-12-28(42-2)29(20-23)43-3)31-21-30(34)36-33(37-31)44-22-24-7-6-8-25(19-24)32(41)40-17-15-39(16-18-40)27-10-5-4-9-26(27)35/h4-12,19-21H,13-18,22H2,1-3H3. The van der Waals surface area contributed by atoms with Gasteiger partial charge in [-0.05, 0) is 53.9 Å². The Morgan fingerprint density at radius 3 is 2.45 bits per heavy atom. The number of thioether (sulfide) groups is 1. The number of hydrogen-bond donors (Lipinski definition) is 0. The average molecular weight is 636 g/mol. The van der Waals surface area contributed by atoms with Gasteiger partial charge >= 0.3 is 0 Å². The molecule has 0 spiro atoms. The van der Waals surface area contributed by atoms with E-state index in [1.54, 1.807) is 32.4 Å². The first-order chi connectivity index (χ1) is 21.3. The lowest BCUT2D eigenvalue weighted by Gasteiger charge is -2.36. The number of carbonyl (C=O) groups is 1. The number of amides is 1. The number of carbonyl (C=O) groups excluding carboxylic acids is 1. The lowest BCUT2D eigenvalue weighted by molar-refractivity contribution is 0.0746. The molecule has 1 aromatic heterocycles. The van der Waals surface area contributed by atoms with Gasteiger partial charge in [0.1, 0.15) is 16.8 Å². The Balaban J connectivity index is 1.17. The summed E-state index contributed by atoms with van der Waals surface area (Å²) < 4.78 is 25.0. The van der Waals surface area contributed by atoms with Crippen LogP contribution in [0.4, 0.5) is 15.9 Å². The van der Waals surface area contributed by atoms with Crippen LogP contribution < -0.4 is 19.3 Å². The number of benzene rings is 3. The first kappa shape index (κ1) is 31.4. The van der Waals surface area contributed by atoms with Crippen molar-refractivity contribution in [3.63, 3.8) is 0 Å². The minimum atomic E-state index is -0.241. The Kier molecular flexibility index (Phi) is 10.4. The number of likely N-dealkylation sites (N-methyl/N-ethyl adjacent to an activating group) is 1. The van der Waals surface area contributed by atoms with Crippen molar-refractivity contribution in [1.82, 2.24) is 14.9 Å². The highest BCUT2D eigenvalue weighted by Gasteiger charge is 2.24. The van der Waals surface area contributed by atoms with E-state index < -0.39 is 0 Å². The summed E-state index contributed by atoms with van der Waals surface area (Å²) in [5, 5.41) is 0.931. The molecule has 11 heteroatoms. The van der Waals surface area contributed by atoms with Crippen molar-refractivity contribution in [2.45, 2.75) is 17.3 Å². The highest BCUT2D eigenvalue weighted by molar-refractivity contribution is 7.98. The maximum absolute atomic E-state index is 14.2. The highest BCUT2D eigenvalue weighted by atomic mass is 35.5. The molecule has 0 unspecified atom stereocenters. The first-order valence-corrected chi connectivity index (χ1v) is 15.7. The van der Waals surface area contributed by atoms with E-state index in [1.807, 2.05) is 70.3 Å². The van der Waals surface area contributed by atoms with Crippen LogP contribution in [0.5, 0.6) is 11.5 Å². The first-order valence-electron chi connectivity index (χ1n) is 14.3. The predicted octanol–water partition coefficient (Wildman–Crippen LogP) is 6.22. The number of aromatic nitrogens is 2. The lowest BCUT2D eigenvalue weighted by atomic mass is 10.1. The highest BCUT2D eigenvalue weighted by Crippen LogP contribution is 2.29. The molecular formula is C33H35ClFN5O3S. The van der Waals surface area contributed by atoms with Crippen molar-refractivity contribution in [3.05, 3.63) is 100 Å². The van der Waals surface area contributed by atoms with Crippen LogP contribution >= 0.6 is 23.4 Å². The Labute approximate surface area is 266 Å². The number of hydrogen-bond acceptors (Lipinski definition) is 8. The van der Waals surface area contributed by atoms with Gasteiger partial charge in [-0.1, -0.05) is 53.7 Å². The molecule has 44 heavy (non-hydrogen) atoms. The number of rotatable bonds is 11. The van der Waals surface area contributed by atoms with Gasteiger partial charge in [-0.2, -0.15) is 0 Å². The van der Waals surface area contributed by atoms with Crippen molar-refractivity contribution in [2.75, 3.05) is 63.8 Å². The van der Waals surface area contributed by atoms with Crippen molar-refractivity contribution in [2.24, 2.45) is 0 Å². The number of piperazine rings is 1. The average Bonchev–Trinajstić information content (AvgIpc) is 3.06. The van der Waals surface area contributed by atoms with Gasteiger partial charge in [0.25, 0.3) is 5.91 Å². The molecule has 0 saturated carbocycles. The molecule has 4 aromatic rings. The number of para-hydroxylation sites is 1. The summed E-state index contributed by atoms with van der Waals surface area (Å²) in [5.74, 6) is 2.44. The van der Waals surface area contributed by atoms with Gasteiger partial charge in [0, 0.05) is 57.2 Å². The largest absolute Gasteiger partial charge is 0.493 e. The fraction of sp³-hybridized carbons (Fsp3) is 0.303. The number of nitrogens with zero attached hydrogens (tertiary/aromatic N) is 5. The van der Waals surface area contributed by atoms with Crippen LogP contribution in [0, 0.1) is 5.82 Å². The topological polar surface area (TPSA) is 71.0 Å². The maximum atomic E-state index is 14.2. The fourth-order valence-corrected chi connectivity index (χ4v) is 6.10. The molecule has 230 valence electrons. The molecule has 2 heterocycles. The molecule has 1 saturated heterocycles. The van der Waals surface area contributed by atoms with Gasteiger partial charge in [0.2, 0.25) is 0 Å². The van der Waals surface area contributed by atoms with E-state index in [0.717, 1.165) is 23.4 Å². The summed E-state index contributed by atoms with van der Waals surface area (Å²) in [6.07, 6.45) is 0.778. The van der Waals surface area contributed by atoms with E-state index in [2.05, 4.69) is 4.98 Å². The van der Waals surface area contributed by atoms with Crippen LogP contribution in [0.15, 0.2) is 78.0 Å². The molecule has 1 aliphatic heterocycles. The third-order valence-corrected chi connectivity index (χ3v) is 8.65. The SMILES string of the molecule is COc1ccc(CCN(C)c2cc(Cl)nc(SCc3cccc(C(=O)N4CCN(c5ccccc5F)CC4)c3)n2)cc1OC. The molecule has 8 nitrogen and oxygen atoms in total. The van der Waals surface area contributed by atoms with Crippen LogP contribution in [0.1, 0.15) is 21.5 Å². The van der Waals surface area contributed by atoms with E-state index in [9.17, 15) is 9.18 Å². The van der Waals surface area contributed by atoms with Crippen LogP contribution in [0.2, 0.25) is 5.15 Å². The summed E-state index contributed by atoms with van der Waals surface area (Å²) >= 11 is 7.85. The summed E-state index contributed by atoms with van der Waals surface area (Å²) in [5.41, 5.74) is 3.31. The normalized spacial score (nSPS) is 13.1. The predicted molar refractivity (Wildman–Crippen MR) is 174 cm³/mol. The van der Waals surface area contributed by atoms with E-state index in [1.165, 1.54) is 17.8 Å². The third-order valence-electron chi connectivity index (χ3n) is 7.54. The molecule has 0 aliphatic carbocycles. The number of anilines is 2. The van der Waals surface area contributed by atoms with Gasteiger partial charge < -0.3 is 24.2 Å². The van der Waals surface area contributed by atoms with Crippen molar-refractivity contribution in [3.8, 4) is 11.5 Å². The molecule has 3 aromatic carbocycles. The van der Waals surface area contributed by atoms with Gasteiger partial charge in [-0.15, -0.1) is 0 Å². The smallest absolute Gasteiger partial charge is 0.253 e. The van der Waals surface area contributed by atoms with Crippen molar-refractivity contribution >= 4 is 40.8 Å². The van der Waals surface area contributed by atoms with Gasteiger partial charge in [0.15, 0.2) is 16.7 Å². The summed E-state index contributed by atoms with van der Waals surface area (Å²) in [6.45, 7) is 2.94. The van der Waals surface area contributed by atoms with Crippen LogP contribution in [0.3, 0.4) is 0 Å². The minimum Gasteiger partial charge on any atom is -0.493 e. The molecular weight excluding hydrogens is 601 g/mol. The van der Waals surface area contributed by atoms with E-state index in [4.69, 9.17) is 26.1 Å². The number of ether oxygens (including phenoxy) is 2. The lowest BCUT2D eigenvalue weighted by Crippen LogP contribution is -2.49. The zero-order valence-electron chi connectivity index (χ0n) is 25.0. The quantitative estimate of drug-likeness (QED) is 0.109. The second-order valence-electron chi connectivity index (χ2n) is 10.4. The maximum Gasteiger partial charge on any atom is 0.253 e. The molecule has 0 radical (unpaired) electrons. The fourth-order valence-electron chi connectivity index (χ4n) is 5.08. The second-order valence-corrected chi connectivity index (χ2v) is 11.7. The monoisotopic (exact) mass is 635 g/mol. The Hall–Kier alpha value is -4.02. The molecule has 1 fully saturated rings. The van der Waals surface area contributed by atoms with E-state index >= 15 is 0 Å². The van der Waals surface area contributed by atoms with E-state index in [0.29, 0.717) is 71.5 Å². The molecule has 0 bridgehead atoms. The second kappa shape index (κ2) is 14.6. The Morgan fingerprint density at radius 1 is 0.932 bits per heavy atom. The Bertz CT molecular complexity index is 1600. The molecule has 1 amide bonds. The molecule has 0 atom stereocenters. The van der Waals surface area contributed by atoms with E-state index in [-0.39, 0.29) is 11.7 Å². The zero-order valence-corrected chi connectivity index (χ0v) is 26.6. The van der Waals surface area contributed by atoms with Crippen LogP contribution in [-0.2, 0) is 12.2 Å². The summed E-state index contributed by atoms with van der Waals surface area (Å²) in [7, 11) is 5.22. The van der Waals surface area contributed by atoms with Gasteiger partial charge in [-0.3, -0.25) is 4.79 Å². The van der Waals surface area contributed by atoms with Gasteiger partial charge in [0.05, 0.1) is 19.9 Å². The van der Waals surface area contributed by atoms with Crippen LogP contribution in [-0.4, -0.2) is 74.8 Å². The number of halogens is 2. The summed E-state index contributed by atoms with van der Waals surface area (Å²) in [6, 6.07) is 22.0. The molecule has 5 rings (SSSR count). The minimum absolute atomic E-state index is 0.0255. The zero-order chi connectivity index (χ0) is 31.1.